The number of pyridine rings is 2. The summed E-state index contributed by atoms with van der Waals surface area (Å²) in [6.45, 7) is 1.37. The lowest BCUT2D eigenvalue weighted by Crippen LogP contribution is -2.40. The van der Waals surface area contributed by atoms with Gasteiger partial charge in [-0.25, -0.2) is 19.0 Å². The third-order valence-electron chi connectivity index (χ3n) is 7.50. The van der Waals surface area contributed by atoms with E-state index in [4.69, 9.17) is 21.3 Å². The molecule has 1 aromatic carbocycles. The number of hydrogen-bond donors (Lipinski definition) is 2. The maximum absolute atomic E-state index is 14.4. The molecule has 3 aromatic rings. The molecular weight excluding hydrogens is 511 g/mol. The van der Waals surface area contributed by atoms with Gasteiger partial charge in [0.15, 0.2) is 0 Å². The molecule has 4 amide bonds. The second-order valence-corrected chi connectivity index (χ2v) is 10.4. The van der Waals surface area contributed by atoms with Crippen molar-refractivity contribution < 1.29 is 18.7 Å². The normalized spacial score (nSPS) is 20.4. The Kier molecular flexibility index (Phi) is 5.40. The van der Waals surface area contributed by atoms with E-state index in [-0.39, 0.29) is 24.3 Å². The van der Waals surface area contributed by atoms with Crippen molar-refractivity contribution >= 4 is 40.9 Å². The maximum atomic E-state index is 14.4. The summed E-state index contributed by atoms with van der Waals surface area (Å²) in [5, 5.41) is 6.22. The lowest BCUT2D eigenvalue weighted by Gasteiger charge is -2.33. The first-order chi connectivity index (χ1) is 18.5. The van der Waals surface area contributed by atoms with Crippen molar-refractivity contribution in [2.75, 3.05) is 28.2 Å². The van der Waals surface area contributed by atoms with Gasteiger partial charge in [0.1, 0.15) is 29.2 Å². The number of nitrogens with zero attached hydrogens (tertiary/aromatic N) is 4. The van der Waals surface area contributed by atoms with E-state index in [0.29, 0.717) is 59.8 Å². The van der Waals surface area contributed by atoms with E-state index in [1.165, 1.54) is 6.07 Å². The Bertz CT molecular complexity index is 1500. The van der Waals surface area contributed by atoms with Crippen molar-refractivity contribution in [3.63, 3.8) is 0 Å². The summed E-state index contributed by atoms with van der Waals surface area (Å²) >= 11 is 6.69. The molecule has 0 radical (unpaired) electrons. The lowest BCUT2D eigenvalue weighted by atomic mass is 9.99. The van der Waals surface area contributed by atoms with Gasteiger partial charge in [-0.2, -0.15) is 0 Å². The molecule has 0 spiro atoms. The number of aryl methyl sites for hydroxylation is 1. The van der Waals surface area contributed by atoms with Crippen LogP contribution >= 0.6 is 11.6 Å². The summed E-state index contributed by atoms with van der Waals surface area (Å²) in [4.78, 5) is 37.8. The molecule has 0 bridgehead atoms. The number of halogens is 2. The number of nitrogens with one attached hydrogen (secondary N) is 2. The van der Waals surface area contributed by atoms with Gasteiger partial charge in [-0.15, -0.1) is 0 Å². The van der Waals surface area contributed by atoms with Crippen LogP contribution in [0, 0.1) is 5.82 Å². The number of fused-ring (bicyclic) bond motifs is 2. The Morgan fingerprint density at radius 2 is 1.95 bits per heavy atom. The first-order valence-corrected chi connectivity index (χ1v) is 13.1. The largest absolute Gasteiger partial charge is 0.484 e. The van der Waals surface area contributed by atoms with Gasteiger partial charge in [-0.1, -0.05) is 11.6 Å². The van der Waals surface area contributed by atoms with Crippen LogP contribution in [0.3, 0.4) is 0 Å². The third-order valence-corrected chi connectivity index (χ3v) is 7.80. The van der Waals surface area contributed by atoms with Crippen LogP contribution in [0.5, 0.6) is 5.75 Å². The second kappa shape index (κ2) is 8.83. The van der Waals surface area contributed by atoms with Gasteiger partial charge >= 0.3 is 12.1 Å². The Hall–Kier alpha value is -3.92. The van der Waals surface area contributed by atoms with Crippen molar-refractivity contribution in [1.29, 1.82) is 0 Å². The fourth-order valence-corrected chi connectivity index (χ4v) is 5.70. The molecule has 1 atom stereocenters. The monoisotopic (exact) mass is 534 g/mol. The van der Waals surface area contributed by atoms with Crippen LogP contribution in [0.25, 0.3) is 0 Å². The summed E-state index contributed by atoms with van der Waals surface area (Å²) in [5.41, 5.74) is 4.14. The first kappa shape index (κ1) is 23.2. The van der Waals surface area contributed by atoms with Gasteiger partial charge in [-0.05, 0) is 49.4 Å². The number of ether oxygens (including phenoxy) is 1. The Balaban J connectivity index is 1.23. The van der Waals surface area contributed by atoms with Gasteiger partial charge in [0.2, 0.25) is 0 Å². The van der Waals surface area contributed by atoms with Crippen molar-refractivity contribution in [3.8, 4) is 5.75 Å². The minimum absolute atomic E-state index is 0.187. The van der Waals surface area contributed by atoms with E-state index in [0.717, 1.165) is 29.7 Å². The van der Waals surface area contributed by atoms with Gasteiger partial charge in [0.05, 0.1) is 28.6 Å². The van der Waals surface area contributed by atoms with Crippen LogP contribution in [-0.4, -0.2) is 35.1 Å². The highest BCUT2D eigenvalue weighted by atomic mass is 35.5. The number of carbonyl (C=O) groups excluding carboxylic acids is 2. The molecule has 7 rings (SSSR count). The maximum Gasteiger partial charge on any atom is 0.326 e. The molecule has 2 fully saturated rings. The molecule has 4 aliphatic rings. The molecule has 3 aliphatic heterocycles. The van der Waals surface area contributed by atoms with E-state index in [2.05, 4.69) is 15.6 Å². The highest BCUT2D eigenvalue weighted by molar-refractivity contribution is 6.34. The van der Waals surface area contributed by atoms with Crippen LogP contribution in [0.2, 0.25) is 5.02 Å². The molecule has 9 nitrogen and oxygen atoms in total. The number of rotatable bonds is 4. The summed E-state index contributed by atoms with van der Waals surface area (Å²) in [6, 6.07) is 7.73. The van der Waals surface area contributed by atoms with Crippen LogP contribution in [0.1, 0.15) is 53.8 Å². The smallest absolute Gasteiger partial charge is 0.326 e. The molecule has 1 saturated carbocycles. The van der Waals surface area contributed by atoms with Crippen LogP contribution in [0.4, 0.5) is 31.2 Å². The zero-order chi connectivity index (χ0) is 26.0. The van der Waals surface area contributed by atoms with Crippen molar-refractivity contribution in [3.05, 3.63) is 69.9 Å². The lowest BCUT2D eigenvalue weighted by molar-refractivity contribution is 0.167. The standard InChI is InChI=1S/C27H24ClFN6O3/c28-17-10-15-5-6-21(25-18(29)2-1-7-30-25)38-22(15)12-20(17)35-13-16-19(32-27(35)37)11-23(33-24(16)14-3-4-14)34-9-8-31-26(34)36/h1-2,7,10-12,14,21H,3-6,8-9,13H2,(H,31,36)(H,32,37). The Morgan fingerprint density at radius 3 is 2.71 bits per heavy atom. The summed E-state index contributed by atoms with van der Waals surface area (Å²) < 4.78 is 20.5. The topological polar surface area (TPSA) is 99.7 Å². The van der Waals surface area contributed by atoms with Gasteiger partial charge in [0.25, 0.3) is 0 Å². The zero-order valence-electron chi connectivity index (χ0n) is 20.3. The molecule has 1 saturated heterocycles. The molecule has 38 heavy (non-hydrogen) atoms. The zero-order valence-corrected chi connectivity index (χ0v) is 21.1. The summed E-state index contributed by atoms with van der Waals surface area (Å²) in [6.07, 6.45) is 4.27. The first-order valence-electron chi connectivity index (χ1n) is 12.7. The molecule has 194 valence electrons. The Morgan fingerprint density at radius 1 is 1.08 bits per heavy atom. The van der Waals surface area contributed by atoms with E-state index < -0.39 is 11.9 Å². The molecular formula is C27H24ClFN6O3. The van der Waals surface area contributed by atoms with Crippen molar-refractivity contribution in [2.45, 2.75) is 44.2 Å². The predicted octanol–water partition coefficient (Wildman–Crippen LogP) is 5.29. The van der Waals surface area contributed by atoms with Gasteiger partial charge < -0.3 is 15.4 Å². The van der Waals surface area contributed by atoms with E-state index in [1.54, 1.807) is 34.2 Å². The van der Waals surface area contributed by atoms with Crippen LogP contribution in [-0.2, 0) is 13.0 Å². The van der Waals surface area contributed by atoms with Crippen LogP contribution < -0.4 is 25.2 Å². The van der Waals surface area contributed by atoms with Crippen molar-refractivity contribution in [2.24, 2.45) is 0 Å². The molecule has 11 heteroatoms. The predicted molar refractivity (Wildman–Crippen MR) is 139 cm³/mol. The average molecular weight is 535 g/mol. The number of hydrogen-bond acceptors (Lipinski definition) is 5. The minimum Gasteiger partial charge on any atom is -0.484 e. The number of benzene rings is 1. The average Bonchev–Trinajstić information content (AvgIpc) is 3.67. The second-order valence-electron chi connectivity index (χ2n) is 9.99. The molecule has 1 aliphatic carbocycles. The number of anilines is 3. The van der Waals surface area contributed by atoms with E-state index in [1.807, 2.05) is 6.07 Å². The number of amides is 4. The van der Waals surface area contributed by atoms with Crippen LogP contribution in [0.15, 0.2) is 36.5 Å². The van der Waals surface area contributed by atoms with Crippen molar-refractivity contribution in [1.82, 2.24) is 15.3 Å². The minimum atomic E-state index is -0.527. The summed E-state index contributed by atoms with van der Waals surface area (Å²) in [5.74, 6) is 0.985. The molecule has 2 N–H and O–H groups in total. The van der Waals surface area contributed by atoms with Gasteiger partial charge in [-0.3, -0.25) is 14.8 Å². The highest BCUT2D eigenvalue weighted by Crippen LogP contribution is 2.46. The highest BCUT2D eigenvalue weighted by Gasteiger charge is 2.37. The molecule has 5 heterocycles. The number of carbonyl (C=O) groups is 2. The third kappa shape index (κ3) is 3.91. The fraction of sp³-hybridized carbons (Fsp3) is 0.333. The quantitative estimate of drug-likeness (QED) is 0.473. The molecule has 2 aromatic heterocycles. The Labute approximate surface area is 223 Å². The fourth-order valence-electron chi connectivity index (χ4n) is 5.41. The number of aromatic nitrogens is 2. The summed E-state index contributed by atoms with van der Waals surface area (Å²) in [7, 11) is 0. The SMILES string of the molecule is O=C1NCCN1c1cc2c(c(C3CC3)n1)CN(c1cc3c(cc1Cl)CCC(c1ncccc1F)O3)C(=O)N2. The number of urea groups is 2. The molecule has 1 unspecified atom stereocenters. The van der Waals surface area contributed by atoms with E-state index >= 15 is 0 Å². The van der Waals surface area contributed by atoms with Gasteiger partial charge in [0, 0.05) is 42.9 Å². The van der Waals surface area contributed by atoms with E-state index in [9.17, 15) is 14.0 Å².